The smallest absolute Gasteiger partial charge is 0.203 e. The Hall–Kier alpha value is -1.53. The monoisotopic (exact) mass is 356 g/mol. The molecule has 4 nitrogen and oxygen atoms in total. The van der Waals surface area contributed by atoms with Gasteiger partial charge in [-0.2, -0.15) is 0 Å². The minimum Gasteiger partial charge on any atom is -0.493 e. The fourth-order valence-electron chi connectivity index (χ4n) is 1.68. The van der Waals surface area contributed by atoms with Gasteiger partial charge in [-0.15, -0.1) is 11.3 Å². The first-order valence-electron chi connectivity index (χ1n) is 5.75. The minimum absolute atomic E-state index is 0.394. The molecule has 0 amide bonds. The van der Waals surface area contributed by atoms with Crippen molar-refractivity contribution in [1.82, 2.24) is 0 Å². The zero-order valence-electron chi connectivity index (χ0n) is 11.0. The van der Waals surface area contributed by atoms with Crippen molar-refractivity contribution in [2.24, 2.45) is 0 Å². The summed E-state index contributed by atoms with van der Waals surface area (Å²) in [7, 11) is 3.05. The Morgan fingerprint density at radius 2 is 1.90 bits per heavy atom. The van der Waals surface area contributed by atoms with Crippen LogP contribution in [0.3, 0.4) is 0 Å². The minimum atomic E-state index is 0.394. The molecule has 6 heteroatoms. The number of ether oxygens (including phenoxy) is 3. The van der Waals surface area contributed by atoms with E-state index in [-0.39, 0.29) is 0 Å². The van der Waals surface area contributed by atoms with E-state index in [1.54, 1.807) is 23.5 Å². The maximum Gasteiger partial charge on any atom is 0.203 e. The van der Waals surface area contributed by atoms with Gasteiger partial charge in [0.05, 0.1) is 19.1 Å². The lowest BCUT2D eigenvalue weighted by Gasteiger charge is -2.14. The van der Waals surface area contributed by atoms with Gasteiger partial charge in [0.2, 0.25) is 5.75 Å². The second-order valence-electron chi connectivity index (χ2n) is 3.85. The van der Waals surface area contributed by atoms with Crippen molar-refractivity contribution in [3.8, 4) is 17.2 Å². The van der Waals surface area contributed by atoms with Gasteiger partial charge in [-0.25, -0.2) is 0 Å². The largest absolute Gasteiger partial charge is 0.493 e. The maximum absolute atomic E-state index is 10.9. The summed E-state index contributed by atoms with van der Waals surface area (Å²) in [6.07, 6.45) is 0.741. The fourth-order valence-corrected chi connectivity index (χ4v) is 3.05. The van der Waals surface area contributed by atoms with Crippen molar-refractivity contribution < 1.29 is 19.0 Å². The van der Waals surface area contributed by atoms with E-state index in [0.717, 1.165) is 15.6 Å². The average Bonchev–Trinajstić information content (AvgIpc) is 2.89. The number of aldehydes is 1. The van der Waals surface area contributed by atoms with Crippen molar-refractivity contribution in [2.45, 2.75) is 6.61 Å². The Morgan fingerprint density at radius 3 is 2.35 bits per heavy atom. The number of carbonyl (C=O) groups excluding carboxylic acids is 1. The highest BCUT2D eigenvalue weighted by Gasteiger charge is 2.15. The molecule has 0 unspecified atom stereocenters. The molecule has 1 heterocycles. The molecular formula is C14H13BrO4S. The Kier molecular flexibility index (Phi) is 5.03. The van der Waals surface area contributed by atoms with Gasteiger partial charge in [-0.3, -0.25) is 4.79 Å². The molecule has 0 aliphatic carbocycles. The summed E-state index contributed by atoms with van der Waals surface area (Å²) < 4.78 is 17.3. The second-order valence-corrected chi connectivity index (χ2v) is 5.71. The lowest BCUT2D eigenvalue weighted by Crippen LogP contribution is -2.00. The number of hydrogen-bond donors (Lipinski definition) is 0. The molecule has 0 spiro atoms. The zero-order valence-corrected chi connectivity index (χ0v) is 13.4. The van der Waals surface area contributed by atoms with Crippen molar-refractivity contribution in [3.63, 3.8) is 0 Å². The molecule has 0 saturated heterocycles. The van der Waals surface area contributed by atoms with E-state index in [1.807, 2.05) is 11.4 Å². The van der Waals surface area contributed by atoms with Crippen LogP contribution in [0.5, 0.6) is 17.2 Å². The summed E-state index contributed by atoms with van der Waals surface area (Å²) in [5.41, 5.74) is 0.475. The predicted molar refractivity (Wildman–Crippen MR) is 81.3 cm³/mol. The number of thiophene rings is 1. The van der Waals surface area contributed by atoms with Crippen molar-refractivity contribution in [3.05, 3.63) is 38.5 Å². The number of methoxy groups -OCH3 is 2. The molecule has 1 aromatic carbocycles. The van der Waals surface area contributed by atoms with Crippen LogP contribution in [0.25, 0.3) is 0 Å². The highest BCUT2D eigenvalue weighted by molar-refractivity contribution is 9.10. The van der Waals surface area contributed by atoms with E-state index in [4.69, 9.17) is 14.2 Å². The molecule has 106 valence electrons. The van der Waals surface area contributed by atoms with Crippen LogP contribution in [0.2, 0.25) is 0 Å². The van der Waals surface area contributed by atoms with Gasteiger partial charge in [-0.05, 0) is 39.5 Å². The maximum atomic E-state index is 10.9. The van der Waals surface area contributed by atoms with E-state index < -0.39 is 0 Å². The Morgan fingerprint density at radius 1 is 1.25 bits per heavy atom. The van der Waals surface area contributed by atoms with Gasteiger partial charge in [0.15, 0.2) is 11.5 Å². The highest BCUT2D eigenvalue weighted by Crippen LogP contribution is 2.39. The molecule has 0 atom stereocenters. The summed E-state index contributed by atoms with van der Waals surface area (Å²) in [6.45, 7) is 0.394. The molecule has 1 aromatic heterocycles. The summed E-state index contributed by atoms with van der Waals surface area (Å²) in [4.78, 5) is 12.0. The van der Waals surface area contributed by atoms with E-state index in [0.29, 0.717) is 29.4 Å². The first kappa shape index (κ1) is 14.9. The van der Waals surface area contributed by atoms with Crippen molar-refractivity contribution in [2.75, 3.05) is 14.2 Å². The quantitative estimate of drug-likeness (QED) is 0.735. The van der Waals surface area contributed by atoms with Gasteiger partial charge in [0.25, 0.3) is 0 Å². The van der Waals surface area contributed by atoms with E-state index >= 15 is 0 Å². The van der Waals surface area contributed by atoms with Gasteiger partial charge in [0.1, 0.15) is 12.9 Å². The number of halogens is 1. The van der Waals surface area contributed by atoms with Gasteiger partial charge in [-0.1, -0.05) is 0 Å². The van der Waals surface area contributed by atoms with E-state index in [2.05, 4.69) is 15.9 Å². The number of benzene rings is 1. The molecule has 2 aromatic rings. The van der Waals surface area contributed by atoms with Crippen molar-refractivity contribution in [1.29, 1.82) is 0 Å². The third-order valence-electron chi connectivity index (χ3n) is 2.66. The number of carbonyl (C=O) groups is 1. The van der Waals surface area contributed by atoms with Crippen LogP contribution < -0.4 is 14.2 Å². The predicted octanol–water partition coefficient (Wildman–Crippen LogP) is 3.92. The molecule has 2 rings (SSSR count). The summed E-state index contributed by atoms with van der Waals surface area (Å²) in [5.74, 6) is 1.43. The van der Waals surface area contributed by atoms with E-state index in [9.17, 15) is 4.79 Å². The van der Waals surface area contributed by atoms with Gasteiger partial charge < -0.3 is 14.2 Å². The van der Waals surface area contributed by atoms with Crippen LogP contribution in [0.1, 0.15) is 15.2 Å². The summed E-state index contributed by atoms with van der Waals surface area (Å²) in [6, 6.07) is 5.20. The molecular weight excluding hydrogens is 344 g/mol. The number of rotatable bonds is 6. The molecule has 0 bridgehead atoms. The van der Waals surface area contributed by atoms with Gasteiger partial charge >= 0.3 is 0 Å². The summed E-state index contributed by atoms with van der Waals surface area (Å²) >= 11 is 5.05. The van der Waals surface area contributed by atoms with Crippen LogP contribution in [-0.4, -0.2) is 20.5 Å². The molecule has 0 saturated carbocycles. The van der Waals surface area contributed by atoms with Crippen LogP contribution in [-0.2, 0) is 6.61 Å². The highest BCUT2D eigenvalue weighted by atomic mass is 79.9. The number of hydrogen-bond acceptors (Lipinski definition) is 5. The van der Waals surface area contributed by atoms with Crippen molar-refractivity contribution >= 4 is 33.6 Å². The Bertz CT molecular complexity index is 584. The summed E-state index contributed by atoms with van der Waals surface area (Å²) in [5, 5.41) is 1.98. The standard InChI is InChI=1S/C14H13BrO4S/c1-17-11-5-9(7-16)6-12(18-2)14(11)19-8-13-10(15)3-4-20-13/h3-7H,8H2,1-2H3. The second kappa shape index (κ2) is 6.76. The van der Waals surface area contributed by atoms with E-state index in [1.165, 1.54) is 14.2 Å². The molecule has 0 aliphatic rings. The fraction of sp³-hybridized carbons (Fsp3) is 0.214. The molecule has 0 fully saturated rings. The van der Waals surface area contributed by atoms with Gasteiger partial charge in [0, 0.05) is 10.0 Å². The first-order valence-corrected chi connectivity index (χ1v) is 7.42. The lowest BCUT2D eigenvalue weighted by molar-refractivity contribution is 0.112. The molecule has 0 radical (unpaired) electrons. The first-order chi connectivity index (χ1) is 9.69. The van der Waals surface area contributed by atoms with Crippen LogP contribution in [0, 0.1) is 0 Å². The SMILES string of the molecule is COc1cc(C=O)cc(OC)c1OCc1sccc1Br. The molecule has 20 heavy (non-hydrogen) atoms. The lowest BCUT2D eigenvalue weighted by atomic mass is 10.2. The molecule has 0 aliphatic heterocycles. The average molecular weight is 357 g/mol. The topological polar surface area (TPSA) is 44.8 Å². The van der Waals surface area contributed by atoms with Crippen LogP contribution >= 0.6 is 27.3 Å². The third kappa shape index (κ3) is 3.13. The molecule has 0 N–H and O–H groups in total. The zero-order chi connectivity index (χ0) is 14.5. The van der Waals surface area contributed by atoms with Crippen LogP contribution in [0.4, 0.5) is 0 Å². The Balaban J connectivity index is 2.29. The normalized spacial score (nSPS) is 10.2. The van der Waals surface area contributed by atoms with Crippen LogP contribution in [0.15, 0.2) is 28.1 Å². The third-order valence-corrected chi connectivity index (χ3v) is 4.56. The Labute approximate surface area is 129 Å².